The molecule has 0 unspecified atom stereocenters. The van der Waals surface area contributed by atoms with E-state index in [1.165, 1.54) is 24.3 Å². The molecule has 2 aromatic carbocycles. The number of carbonyl (C=O) groups is 1. The summed E-state index contributed by atoms with van der Waals surface area (Å²) in [5.74, 6) is -0.549. The van der Waals surface area contributed by atoms with E-state index in [2.05, 4.69) is 26.0 Å². The summed E-state index contributed by atoms with van der Waals surface area (Å²) in [5.41, 5.74) is 0.529. The van der Waals surface area contributed by atoms with Crippen molar-refractivity contribution in [2.45, 2.75) is 24.6 Å². The molecule has 1 aliphatic rings. The van der Waals surface area contributed by atoms with E-state index in [4.69, 9.17) is 4.74 Å². The molecule has 8 heteroatoms. The van der Waals surface area contributed by atoms with Crippen molar-refractivity contribution < 1.29 is 27.4 Å². The second-order valence-electron chi connectivity index (χ2n) is 6.23. The van der Waals surface area contributed by atoms with Gasteiger partial charge < -0.3 is 14.8 Å². The molecule has 0 bridgehead atoms. The number of benzene rings is 2. The first-order valence-electron chi connectivity index (χ1n) is 8.30. The number of hydrogen-bond acceptors (Lipinski definition) is 3. The average Bonchev–Trinajstić information content (AvgIpc) is 2.63. The SMILES string of the molecule is O=C(Nc1ccc(OC(F)(F)F)cc1)C1(c2ccc(Br)cc2)CCOCC1. The Balaban J connectivity index is 1.80. The van der Waals surface area contributed by atoms with Crippen molar-refractivity contribution in [1.82, 2.24) is 0 Å². The van der Waals surface area contributed by atoms with Gasteiger partial charge in [-0.2, -0.15) is 0 Å². The van der Waals surface area contributed by atoms with Gasteiger partial charge in [0.1, 0.15) is 5.75 Å². The molecule has 1 aliphatic heterocycles. The number of halogens is 4. The standard InChI is InChI=1S/C19H17BrF3NO3/c20-14-3-1-13(2-4-14)18(9-11-26-12-10-18)17(25)24-15-5-7-16(8-6-15)27-19(21,22)23/h1-8H,9-12H2,(H,24,25). The van der Waals surface area contributed by atoms with Gasteiger partial charge in [-0.25, -0.2) is 0 Å². The number of rotatable bonds is 4. The normalized spacial score (nSPS) is 16.6. The first kappa shape index (κ1) is 19.7. The molecule has 0 spiro atoms. The van der Waals surface area contributed by atoms with Crippen LogP contribution in [0.25, 0.3) is 0 Å². The second kappa shape index (κ2) is 7.90. The third kappa shape index (κ3) is 4.81. The van der Waals surface area contributed by atoms with Crippen molar-refractivity contribution in [2.24, 2.45) is 0 Å². The Labute approximate surface area is 162 Å². The maximum absolute atomic E-state index is 13.1. The Morgan fingerprint density at radius 2 is 1.63 bits per heavy atom. The van der Waals surface area contributed by atoms with E-state index in [1.54, 1.807) is 0 Å². The number of alkyl halides is 3. The molecule has 27 heavy (non-hydrogen) atoms. The van der Waals surface area contributed by atoms with Gasteiger partial charge in [0.25, 0.3) is 0 Å². The highest BCUT2D eigenvalue weighted by molar-refractivity contribution is 9.10. The summed E-state index contributed by atoms with van der Waals surface area (Å²) in [4.78, 5) is 13.1. The van der Waals surface area contributed by atoms with E-state index in [0.717, 1.165) is 10.0 Å². The Morgan fingerprint density at radius 1 is 1.04 bits per heavy atom. The molecule has 1 N–H and O–H groups in total. The summed E-state index contributed by atoms with van der Waals surface area (Å²) in [6.45, 7) is 0.920. The maximum atomic E-state index is 13.1. The smallest absolute Gasteiger partial charge is 0.406 e. The van der Waals surface area contributed by atoms with Crippen LogP contribution in [0, 0.1) is 0 Å². The van der Waals surface area contributed by atoms with Crippen molar-refractivity contribution >= 4 is 27.5 Å². The molecule has 3 rings (SSSR count). The number of amides is 1. The predicted octanol–water partition coefficient (Wildman–Crippen LogP) is 5.03. The quantitative estimate of drug-likeness (QED) is 0.720. The summed E-state index contributed by atoms with van der Waals surface area (Å²) in [6.07, 6.45) is -3.70. The fourth-order valence-electron chi connectivity index (χ4n) is 3.13. The third-order valence-electron chi connectivity index (χ3n) is 4.52. The zero-order valence-electron chi connectivity index (χ0n) is 14.2. The van der Waals surface area contributed by atoms with Crippen molar-refractivity contribution in [3.05, 3.63) is 58.6 Å². The lowest BCUT2D eigenvalue weighted by molar-refractivity contribution is -0.274. The van der Waals surface area contributed by atoms with E-state index >= 15 is 0 Å². The largest absolute Gasteiger partial charge is 0.573 e. The van der Waals surface area contributed by atoms with Gasteiger partial charge in [-0.1, -0.05) is 28.1 Å². The van der Waals surface area contributed by atoms with E-state index in [-0.39, 0.29) is 11.7 Å². The number of ether oxygens (including phenoxy) is 2. The number of anilines is 1. The van der Waals surface area contributed by atoms with E-state index < -0.39 is 11.8 Å². The molecule has 0 atom stereocenters. The first-order chi connectivity index (χ1) is 12.8. The summed E-state index contributed by atoms with van der Waals surface area (Å²) in [5, 5.41) is 2.81. The minimum absolute atomic E-state index is 0.211. The molecule has 0 aromatic heterocycles. The zero-order chi connectivity index (χ0) is 19.5. The highest BCUT2D eigenvalue weighted by Gasteiger charge is 2.41. The fraction of sp³-hybridized carbons (Fsp3) is 0.316. The van der Waals surface area contributed by atoms with Gasteiger partial charge in [0.05, 0.1) is 5.41 Å². The Morgan fingerprint density at radius 3 is 2.19 bits per heavy atom. The highest BCUT2D eigenvalue weighted by Crippen LogP contribution is 2.37. The van der Waals surface area contributed by atoms with Gasteiger partial charge in [0, 0.05) is 23.4 Å². The van der Waals surface area contributed by atoms with Crippen LogP contribution in [0.1, 0.15) is 18.4 Å². The first-order valence-corrected chi connectivity index (χ1v) is 9.09. The minimum atomic E-state index is -4.75. The van der Waals surface area contributed by atoms with Gasteiger partial charge in [-0.15, -0.1) is 13.2 Å². The molecular weight excluding hydrogens is 427 g/mol. The zero-order valence-corrected chi connectivity index (χ0v) is 15.8. The van der Waals surface area contributed by atoms with E-state index in [0.29, 0.717) is 31.7 Å². The molecular formula is C19H17BrF3NO3. The van der Waals surface area contributed by atoms with Gasteiger partial charge in [0.15, 0.2) is 0 Å². The molecule has 2 aromatic rings. The maximum Gasteiger partial charge on any atom is 0.573 e. The summed E-state index contributed by atoms with van der Waals surface area (Å²) in [7, 11) is 0. The minimum Gasteiger partial charge on any atom is -0.406 e. The second-order valence-corrected chi connectivity index (χ2v) is 7.14. The monoisotopic (exact) mass is 443 g/mol. The van der Waals surface area contributed by atoms with Crippen molar-refractivity contribution in [3.63, 3.8) is 0 Å². The van der Waals surface area contributed by atoms with Crippen LogP contribution in [0.5, 0.6) is 5.75 Å². The van der Waals surface area contributed by atoms with Gasteiger partial charge in [-0.05, 0) is 54.8 Å². The molecule has 4 nitrogen and oxygen atoms in total. The molecule has 0 radical (unpaired) electrons. The predicted molar refractivity (Wildman–Crippen MR) is 97.6 cm³/mol. The van der Waals surface area contributed by atoms with Crippen molar-refractivity contribution in [2.75, 3.05) is 18.5 Å². The van der Waals surface area contributed by atoms with Crippen LogP contribution in [0.3, 0.4) is 0 Å². The molecule has 144 valence electrons. The molecule has 1 heterocycles. The van der Waals surface area contributed by atoms with Crippen LogP contribution in [-0.4, -0.2) is 25.5 Å². The van der Waals surface area contributed by atoms with Gasteiger partial charge >= 0.3 is 6.36 Å². The van der Waals surface area contributed by atoms with E-state index in [1.807, 2.05) is 24.3 Å². The van der Waals surface area contributed by atoms with Crippen LogP contribution >= 0.6 is 15.9 Å². The molecule has 1 saturated heterocycles. The molecule has 0 saturated carbocycles. The van der Waals surface area contributed by atoms with Gasteiger partial charge in [-0.3, -0.25) is 4.79 Å². The topological polar surface area (TPSA) is 47.6 Å². The molecule has 0 aliphatic carbocycles. The number of nitrogens with one attached hydrogen (secondary N) is 1. The highest BCUT2D eigenvalue weighted by atomic mass is 79.9. The fourth-order valence-corrected chi connectivity index (χ4v) is 3.39. The molecule has 1 amide bonds. The van der Waals surface area contributed by atoms with Crippen molar-refractivity contribution in [1.29, 1.82) is 0 Å². The van der Waals surface area contributed by atoms with Crippen LogP contribution in [0.15, 0.2) is 53.0 Å². The van der Waals surface area contributed by atoms with E-state index in [9.17, 15) is 18.0 Å². The Bertz CT molecular complexity index is 785. The summed E-state index contributed by atoms with van der Waals surface area (Å²) in [6, 6.07) is 12.6. The lowest BCUT2D eigenvalue weighted by Crippen LogP contribution is -2.44. The Hall–Kier alpha value is -2.06. The summed E-state index contributed by atoms with van der Waals surface area (Å²) < 4.78 is 46.9. The average molecular weight is 444 g/mol. The number of carbonyl (C=O) groups excluding carboxylic acids is 1. The van der Waals surface area contributed by atoms with Crippen LogP contribution < -0.4 is 10.1 Å². The third-order valence-corrected chi connectivity index (χ3v) is 5.05. The number of hydrogen-bond donors (Lipinski definition) is 1. The van der Waals surface area contributed by atoms with Gasteiger partial charge in [0.2, 0.25) is 5.91 Å². The molecule has 1 fully saturated rings. The van der Waals surface area contributed by atoms with Crippen molar-refractivity contribution in [3.8, 4) is 5.75 Å². The lowest BCUT2D eigenvalue weighted by atomic mass is 9.73. The Kier molecular flexibility index (Phi) is 5.76. The summed E-state index contributed by atoms with van der Waals surface area (Å²) >= 11 is 3.39. The van der Waals surface area contributed by atoms with Crippen LogP contribution in [-0.2, 0) is 14.9 Å². The lowest BCUT2D eigenvalue weighted by Gasteiger charge is -2.36. The van der Waals surface area contributed by atoms with Crippen LogP contribution in [0.2, 0.25) is 0 Å². The van der Waals surface area contributed by atoms with Crippen LogP contribution in [0.4, 0.5) is 18.9 Å².